The number of methoxy groups -OCH3 is 1. The molecule has 1 aromatic rings. The van der Waals surface area contributed by atoms with Gasteiger partial charge in [-0.3, -0.25) is 4.79 Å². The van der Waals surface area contributed by atoms with Gasteiger partial charge in [0.2, 0.25) is 0 Å². The highest BCUT2D eigenvalue weighted by atomic mass is 19.3. The molecule has 1 rings (SSSR count). The van der Waals surface area contributed by atoms with Crippen LogP contribution < -0.4 is 14.8 Å². The number of hydrogen-bond donors (Lipinski definition) is 1. The SMILES string of the molecule is CNC(=O)c1ccc(OC(F)F)c(OC)c1. The lowest BCUT2D eigenvalue weighted by Crippen LogP contribution is -2.17. The summed E-state index contributed by atoms with van der Waals surface area (Å²) in [5.74, 6) is -0.353. The number of carbonyl (C=O) groups is 1. The maximum absolute atomic E-state index is 12.0. The molecule has 1 N–H and O–H groups in total. The first-order valence-electron chi connectivity index (χ1n) is 4.43. The molecule has 0 bridgehead atoms. The van der Waals surface area contributed by atoms with E-state index in [2.05, 4.69) is 10.1 Å². The van der Waals surface area contributed by atoms with Gasteiger partial charge in [-0.15, -0.1) is 0 Å². The largest absolute Gasteiger partial charge is 0.493 e. The third-order valence-electron chi connectivity index (χ3n) is 1.87. The van der Waals surface area contributed by atoms with Gasteiger partial charge in [-0.2, -0.15) is 8.78 Å². The van der Waals surface area contributed by atoms with Gasteiger partial charge >= 0.3 is 6.61 Å². The fraction of sp³-hybridized carbons (Fsp3) is 0.300. The van der Waals surface area contributed by atoms with Crippen molar-refractivity contribution in [2.45, 2.75) is 6.61 Å². The second-order valence-corrected chi connectivity index (χ2v) is 2.82. The number of ether oxygens (including phenoxy) is 2. The molecule has 0 aliphatic heterocycles. The lowest BCUT2D eigenvalue weighted by atomic mass is 10.2. The Balaban J connectivity index is 3.01. The van der Waals surface area contributed by atoms with E-state index in [0.29, 0.717) is 5.56 Å². The molecule has 0 heterocycles. The number of rotatable bonds is 4. The van der Waals surface area contributed by atoms with Crippen LogP contribution in [-0.2, 0) is 0 Å². The maximum Gasteiger partial charge on any atom is 0.387 e. The molecule has 0 aliphatic rings. The van der Waals surface area contributed by atoms with Crippen LogP contribution in [0.5, 0.6) is 11.5 Å². The van der Waals surface area contributed by atoms with E-state index >= 15 is 0 Å². The molecule has 0 unspecified atom stereocenters. The van der Waals surface area contributed by atoms with E-state index in [9.17, 15) is 13.6 Å². The Morgan fingerprint density at radius 2 is 2.06 bits per heavy atom. The van der Waals surface area contributed by atoms with Crippen molar-refractivity contribution in [3.8, 4) is 11.5 Å². The first-order chi connectivity index (χ1) is 7.58. The smallest absolute Gasteiger partial charge is 0.387 e. The van der Waals surface area contributed by atoms with Gasteiger partial charge in [-0.1, -0.05) is 0 Å². The molecule has 88 valence electrons. The minimum absolute atomic E-state index is 0.0846. The molecular formula is C10H11F2NO3. The maximum atomic E-state index is 12.0. The number of carbonyl (C=O) groups excluding carboxylic acids is 1. The molecular weight excluding hydrogens is 220 g/mol. The molecule has 4 nitrogen and oxygen atoms in total. The van der Waals surface area contributed by atoms with E-state index in [4.69, 9.17) is 4.74 Å². The van der Waals surface area contributed by atoms with Crippen LogP contribution in [0.15, 0.2) is 18.2 Å². The zero-order chi connectivity index (χ0) is 12.1. The van der Waals surface area contributed by atoms with Crippen LogP contribution in [0, 0.1) is 0 Å². The Morgan fingerprint density at radius 3 is 2.56 bits per heavy atom. The summed E-state index contributed by atoms with van der Waals surface area (Å²) >= 11 is 0. The zero-order valence-electron chi connectivity index (χ0n) is 8.79. The van der Waals surface area contributed by atoms with Crippen LogP contribution in [0.1, 0.15) is 10.4 Å². The molecule has 0 fully saturated rings. The van der Waals surface area contributed by atoms with E-state index in [1.165, 1.54) is 32.4 Å². The summed E-state index contributed by atoms with van der Waals surface area (Å²) in [5, 5.41) is 2.41. The molecule has 0 aromatic heterocycles. The summed E-state index contributed by atoms with van der Waals surface area (Å²) in [4.78, 5) is 11.3. The second kappa shape index (κ2) is 5.29. The monoisotopic (exact) mass is 231 g/mol. The molecule has 0 aliphatic carbocycles. The Hall–Kier alpha value is -1.85. The fourth-order valence-corrected chi connectivity index (χ4v) is 1.15. The Morgan fingerprint density at radius 1 is 1.38 bits per heavy atom. The minimum atomic E-state index is -2.93. The lowest BCUT2D eigenvalue weighted by molar-refractivity contribution is -0.0512. The number of benzene rings is 1. The minimum Gasteiger partial charge on any atom is -0.493 e. The molecule has 0 saturated heterocycles. The van der Waals surface area contributed by atoms with Gasteiger partial charge in [0.15, 0.2) is 11.5 Å². The standard InChI is InChI=1S/C10H11F2NO3/c1-13-9(14)6-3-4-7(16-10(11)12)8(5-6)15-2/h3-5,10H,1-2H3,(H,13,14). The Kier molecular flexibility index (Phi) is 4.04. The van der Waals surface area contributed by atoms with Gasteiger partial charge in [0, 0.05) is 12.6 Å². The second-order valence-electron chi connectivity index (χ2n) is 2.82. The molecule has 1 aromatic carbocycles. The molecule has 0 radical (unpaired) electrons. The van der Waals surface area contributed by atoms with Crippen LogP contribution in [0.25, 0.3) is 0 Å². The molecule has 0 spiro atoms. The fourth-order valence-electron chi connectivity index (χ4n) is 1.15. The van der Waals surface area contributed by atoms with E-state index in [1.54, 1.807) is 0 Å². The highest BCUT2D eigenvalue weighted by molar-refractivity contribution is 5.94. The van der Waals surface area contributed by atoms with Gasteiger partial charge in [0.1, 0.15) is 0 Å². The van der Waals surface area contributed by atoms with E-state index in [1.807, 2.05) is 0 Å². The Bertz CT molecular complexity index is 382. The molecule has 1 amide bonds. The summed E-state index contributed by atoms with van der Waals surface area (Å²) < 4.78 is 33.1. The van der Waals surface area contributed by atoms with Gasteiger partial charge < -0.3 is 14.8 Å². The topological polar surface area (TPSA) is 47.6 Å². The summed E-state index contributed by atoms with van der Waals surface area (Å²) in [5.41, 5.74) is 0.306. The van der Waals surface area contributed by atoms with E-state index in [-0.39, 0.29) is 17.4 Å². The third-order valence-corrected chi connectivity index (χ3v) is 1.87. The lowest BCUT2D eigenvalue weighted by Gasteiger charge is -2.10. The van der Waals surface area contributed by atoms with Crippen molar-refractivity contribution in [3.05, 3.63) is 23.8 Å². The Labute approximate surface area is 91.2 Å². The first-order valence-corrected chi connectivity index (χ1v) is 4.43. The van der Waals surface area contributed by atoms with Crippen molar-refractivity contribution in [2.24, 2.45) is 0 Å². The highest BCUT2D eigenvalue weighted by Gasteiger charge is 2.13. The molecule has 0 atom stereocenters. The summed E-state index contributed by atoms with van der Waals surface area (Å²) in [6, 6.07) is 3.96. The normalized spacial score (nSPS) is 10.1. The molecule has 6 heteroatoms. The summed E-state index contributed by atoms with van der Waals surface area (Å²) in [6.07, 6.45) is 0. The van der Waals surface area contributed by atoms with E-state index in [0.717, 1.165) is 0 Å². The van der Waals surface area contributed by atoms with Crippen molar-refractivity contribution < 1.29 is 23.0 Å². The van der Waals surface area contributed by atoms with Gasteiger partial charge in [-0.25, -0.2) is 0 Å². The highest BCUT2D eigenvalue weighted by Crippen LogP contribution is 2.29. The van der Waals surface area contributed by atoms with Crippen LogP contribution in [0.3, 0.4) is 0 Å². The van der Waals surface area contributed by atoms with Crippen LogP contribution in [-0.4, -0.2) is 26.7 Å². The number of nitrogens with one attached hydrogen (secondary N) is 1. The third kappa shape index (κ3) is 2.82. The van der Waals surface area contributed by atoms with Crippen LogP contribution >= 0.6 is 0 Å². The number of alkyl halides is 2. The number of hydrogen-bond acceptors (Lipinski definition) is 3. The summed E-state index contributed by atoms with van der Waals surface area (Å²) in [7, 11) is 2.78. The van der Waals surface area contributed by atoms with Crippen LogP contribution in [0.4, 0.5) is 8.78 Å². The van der Waals surface area contributed by atoms with Crippen molar-refractivity contribution >= 4 is 5.91 Å². The van der Waals surface area contributed by atoms with Crippen molar-refractivity contribution in [2.75, 3.05) is 14.2 Å². The molecule has 0 saturated carbocycles. The van der Waals surface area contributed by atoms with Crippen molar-refractivity contribution in [1.82, 2.24) is 5.32 Å². The number of halogens is 2. The average Bonchev–Trinajstić information content (AvgIpc) is 2.27. The first kappa shape index (κ1) is 12.2. The predicted octanol–water partition coefficient (Wildman–Crippen LogP) is 1.66. The van der Waals surface area contributed by atoms with Gasteiger partial charge in [0.25, 0.3) is 5.91 Å². The van der Waals surface area contributed by atoms with E-state index < -0.39 is 6.61 Å². The quantitative estimate of drug-likeness (QED) is 0.857. The number of amides is 1. The predicted molar refractivity (Wildman–Crippen MR) is 53.0 cm³/mol. The average molecular weight is 231 g/mol. The zero-order valence-corrected chi connectivity index (χ0v) is 8.79. The molecule has 16 heavy (non-hydrogen) atoms. The van der Waals surface area contributed by atoms with Crippen molar-refractivity contribution in [3.63, 3.8) is 0 Å². The van der Waals surface area contributed by atoms with Crippen LogP contribution in [0.2, 0.25) is 0 Å². The van der Waals surface area contributed by atoms with Crippen molar-refractivity contribution in [1.29, 1.82) is 0 Å². The van der Waals surface area contributed by atoms with Gasteiger partial charge in [-0.05, 0) is 18.2 Å². The summed E-state index contributed by atoms with van der Waals surface area (Å²) in [6.45, 7) is -2.93. The van der Waals surface area contributed by atoms with Gasteiger partial charge in [0.05, 0.1) is 7.11 Å².